The zero-order valence-corrected chi connectivity index (χ0v) is 16.3. The van der Waals surface area contributed by atoms with Gasteiger partial charge in [-0.3, -0.25) is 0 Å². The molecule has 2 bridgehead atoms. The fourth-order valence-corrected chi connectivity index (χ4v) is 4.41. The Morgan fingerprint density at radius 2 is 1.69 bits per heavy atom. The molecule has 2 fully saturated rings. The van der Waals surface area contributed by atoms with E-state index in [0.29, 0.717) is 28.7 Å². The van der Waals surface area contributed by atoms with Crippen molar-refractivity contribution in [1.82, 2.24) is 0 Å². The molecule has 0 aromatic heterocycles. The summed E-state index contributed by atoms with van der Waals surface area (Å²) in [7, 11) is 4.53. The summed E-state index contributed by atoms with van der Waals surface area (Å²) >= 11 is 0. The van der Waals surface area contributed by atoms with Gasteiger partial charge in [0, 0.05) is 5.41 Å². The molecule has 2 aliphatic carbocycles. The van der Waals surface area contributed by atoms with Crippen molar-refractivity contribution >= 4 is 11.7 Å². The lowest BCUT2D eigenvalue weighted by Gasteiger charge is -2.34. The summed E-state index contributed by atoms with van der Waals surface area (Å²) in [5, 5.41) is 4.26. The Labute approximate surface area is 154 Å². The third-order valence-electron chi connectivity index (χ3n) is 6.65. The largest absolute Gasteiger partial charge is 0.493 e. The molecule has 2 atom stereocenters. The molecule has 26 heavy (non-hydrogen) atoms. The van der Waals surface area contributed by atoms with E-state index in [1.807, 2.05) is 0 Å². The maximum absolute atomic E-state index is 12.5. The second-order valence-electron chi connectivity index (χ2n) is 7.82. The number of ether oxygens (including phenoxy) is 3. The normalized spacial score (nSPS) is 27.5. The van der Waals surface area contributed by atoms with E-state index >= 15 is 0 Å². The number of fused-ring (bicyclic) bond motifs is 2. The molecule has 0 spiro atoms. The zero-order valence-electron chi connectivity index (χ0n) is 16.3. The third-order valence-corrected chi connectivity index (χ3v) is 6.65. The molecule has 0 N–H and O–H groups in total. The van der Waals surface area contributed by atoms with E-state index in [-0.39, 0.29) is 10.8 Å². The van der Waals surface area contributed by atoms with Crippen LogP contribution in [0.3, 0.4) is 0 Å². The van der Waals surface area contributed by atoms with E-state index in [1.165, 1.54) is 27.8 Å². The highest BCUT2D eigenvalue weighted by atomic mass is 16.7. The number of rotatable bonds is 5. The van der Waals surface area contributed by atoms with Gasteiger partial charge in [0.1, 0.15) is 0 Å². The highest BCUT2D eigenvalue weighted by Crippen LogP contribution is 2.64. The molecule has 0 heterocycles. The molecule has 6 heteroatoms. The summed E-state index contributed by atoms with van der Waals surface area (Å²) in [6.07, 6.45) is 3.20. The highest BCUT2D eigenvalue weighted by Gasteiger charge is 2.60. The summed E-state index contributed by atoms with van der Waals surface area (Å²) in [4.78, 5) is 17.8. The molecular weight excluding hydrogens is 334 g/mol. The first-order chi connectivity index (χ1) is 12.3. The summed E-state index contributed by atoms with van der Waals surface area (Å²) in [6.45, 7) is 6.80. The van der Waals surface area contributed by atoms with Gasteiger partial charge in [-0.25, -0.2) is 4.79 Å². The van der Waals surface area contributed by atoms with Crippen molar-refractivity contribution in [3.63, 3.8) is 0 Å². The topological polar surface area (TPSA) is 66.4 Å². The van der Waals surface area contributed by atoms with E-state index in [1.54, 1.807) is 12.1 Å². The Morgan fingerprint density at radius 1 is 1.08 bits per heavy atom. The second-order valence-corrected chi connectivity index (χ2v) is 7.82. The maximum Gasteiger partial charge on any atom is 0.365 e. The van der Waals surface area contributed by atoms with Gasteiger partial charge in [-0.2, -0.15) is 0 Å². The molecule has 1 aromatic rings. The molecule has 0 amide bonds. The number of benzene rings is 1. The van der Waals surface area contributed by atoms with Crippen molar-refractivity contribution in [1.29, 1.82) is 0 Å². The van der Waals surface area contributed by atoms with Crippen LogP contribution in [-0.2, 0) is 4.84 Å². The minimum absolute atomic E-state index is 0.00671. The van der Waals surface area contributed by atoms with Crippen LogP contribution in [0.5, 0.6) is 17.2 Å². The van der Waals surface area contributed by atoms with E-state index < -0.39 is 5.97 Å². The van der Waals surface area contributed by atoms with Crippen LogP contribution in [0.25, 0.3) is 0 Å². The lowest BCUT2D eigenvalue weighted by Crippen LogP contribution is -2.32. The average molecular weight is 361 g/mol. The van der Waals surface area contributed by atoms with Crippen LogP contribution < -0.4 is 14.2 Å². The summed E-state index contributed by atoms with van der Waals surface area (Å²) < 4.78 is 15.8. The Bertz CT molecular complexity index is 730. The smallest absolute Gasteiger partial charge is 0.365 e. The lowest BCUT2D eigenvalue weighted by molar-refractivity contribution is 0.0507. The Kier molecular flexibility index (Phi) is 4.63. The molecule has 2 unspecified atom stereocenters. The molecule has 6 nitrogen and oxygen atoms in total. The van der Waals surface area contributed by atoms with E-state index in [9.17, 15) is 4.79 Å². The van der Waals surface area contributed by atoms with Crippen LogP contribution in [-0.4, -0.2) is 33.0 Å². The number of nitrogens with zero attached hydrogens (tertiary/aromatic N) is 1. The van der Waals surface area contributed by atoms with Crippen LogP contribution in [0, 0.1) is 16.7 Å². The van der Waals surface area contributed by atoms with E-state index in [2.05, 4.69) is 25.9 Å². The van der Waals surface area contributed by atoms with Crippen LogP contribution in [0.15, 0.2) is 17.3 Å². The molecule has 0 radical (unpaired) electrons. The van der Waals surface area contributed by atoms with Gasteiger partial charge in [-0.15, -0.1) is 0 Å². The van der Waals surface area contributed by atoms with Gasteiger partial charge in [0.25, 0.3) is 0 Å². The zero-order chi connectivity index (χ0) is 19.1. The van der Waals surface area contributed by atoms with Crippen molar-refractivity contribution in [2.24, 2.45) is 21.9 Å². The number of hydrogen-bond acceptors (Lipinski definition) is 6. The van der Waals surface area contributed by atoms with Crippen molar-refractivity contribution in [2.45, 2.75) is 40.0 Å². The summed E-state index contributed by atoms with van der Waals surface area (Å²) in [5.41, 5.74) is 1.47. The minimum Gasteiger partial charge on any atom is -0.493 e. The molecule has 0 aliphatic heterocycles. The van der Waals surface area contributed by atoms with Gasteiger partial charge < -0.3 is 19.0 Å². The molecule has 3 rings (SSSR count). The average Bonchev–Trinajstić information content (AvgIpc) is 2.97. The van der Waals surface area contributed by atoms with Gasteiger partial charge in [-0.05, 0) is 42.7 Å². The fraction of sp³-hybridized carbons (Fsp3) is 0.600. The second kappa shape index (κ2) is 6.49. The van der Waals surface area contributed by atoms with Gasteiger partial charge in [0.2, 0.25) is 5.75 Å². The summed E-state index contributed by atoms with van der Waals surface area (Å²) in [5.74, 6) is 1.30. The minimum atomic E-state index is -0.541. The monoisotopic (exact) mass is 361 g/mol. The summed E-state index contributed by atoms with van der Waals surface area (Å²) in [6, 6.07) is 3.13. The Morgan fingerprint density at radius 3 is 2.12 bits per heavy atom. The first-order valence-electron chi connectivity index (χ1n) is 8.87. The van der Waals surface area contributed by atoms with Crippen LogP contribution in [0.2, 0.25) is 0 Å². The van der Waals surface area contributed by atoms with Crippen LogP contribution in [0.1, 0.15) is 50.4 Å². The van der Waals surface area contributed by atoms with Crippen LogP contribution >= 0.6 is 0 Å². The Hall–Kier alpha value is -2.24. The Balaban J connectivity index is 1.84. The van der Waals surface area contributed by atoms with Gasteiger partial charge >= 0.3 is 5.97 Å². The van der Waals surface area contributed by atoms with Crippen molar-refractivity contribution in [2.75, 3.05) is 21.3 Å². The van der Waals surface area contributed by atoms with Gasteiger partial charge in [0.05, 0.1) is 32.6 Å². The first kappa shape index (κ1) is 18.5. The highest BCUT2D eigenvalue weighted by molar-refractivity contribution is 5.96. The number of carbonyl (C=O) groups is 1. The first-order valence-corrected chi connectivity index (χ1v) is 8.87. The predicted molar refractivity (Wildman–Crippen MR) is 98.2 cm³/mol. The predicted octanol–water partition coefficient (Wildman–Crippen LogP) is 4.07. The molecule has 1 aromatic carbocycles. The quantitative estimate of drug-likeness (QED) is 0.584. The number of oxime groups is 1. The van der Waals surface area contributed by atoms with Crippen LogP contribution in [0.4, 0.5) is 0 Å². The molecular formula is C20H27NO5. The molecule has 2 saturated carbocycles. The SMILES string of the molecule is COc1cc(C(=O)O/N=C2/CC3CCC2(C)C3(C)C)cc(OC)c1OC. The lowest BCUT2D eigenvalue weighted by atomic mass is 9.70. The van der Waals surface area contributed by atoms with Crippen molar-refractivity contribution in [3.05, 3.63) is 17.7 Å². The molecule has 2 aliphatic rings. The van der Waals surface area contributed by atoms with E-state index in [4.69, 9.17) is 19.0 Å². The molecule has 0 saturated heterocycles. The van der Waals surface area contributed by atoms with Gasteiger partial charge in [0.15, 0.2) is 11.5 Å². The van der Waals surface area contributed by atoms with Crippen molar-refractivity contribution < 1.29 is 23.8 Å². The third kappa shape index (κ3) is 2.63. The van der Waals surface area contributed by atoms with E-state index in [0.717, 1.165) is 18.6 Å². The molecule has 142 valence electrons. The number of hydrogen-bond donors (Lipinski definition) is 0. The fourth-order valence-electron chi connectivity index (χ4n) is 4.41. The number of methoxy groups -OCH3 is 3. The van der Waals surface area contributed by atoms with Gasteiger partial charge in [-0.1, -0.05) is 25.9 Å². The maximum atomic E-state index is 12.5. The standard InChI is InChI=1S/C20H27NO5/c1-19(2)13-7-8-20(19,3)16(11-13)21-26-18(22)12-9-14(23-4)17(25-6)15(10-12)24-5/h9-10,13H,7-8,11H2,1-6H3/b21-16-. The van der Waals surface area contributed by atoms with Crippen molar-refractivity contribution in [3.8, 4) is 17.2 Å². The number of carbonyl (C=O) groups excluding carboxylic acids is 1.